The number of carbonyl (C=O) groups excluding carboxylic acids is 1. The van der Waals surface area contributed by atoms with Gasteiger partial charge in [0, 0.05) is 6.07 Å². The number of ether oxygens (including phenoxy) is 1. The number of aromatic nitrogens is 3. The minimum Gasteiger partial charge on any atom is -0.461 e. The molecule has 0 atom stereocenters. The summed E-state index contributed by atoms with van der Waals surface area (Å²) in [4.78, 5) is 15.8. The van der Waals surface area contributed by atoms with Gasteiger partial charge in [-0.3, -0.25) is 0 Å². The maximum Gasteiger partial charge on any atom is 0.358 e. The lowest BCUT2D eigenvalue weighted by molar-refractivity contribution is 0.0519. The molecule has 2 rings (SSSR count). The van der Waals surface area contributed by atoms with Gasteiger partial charge >= 0.3 is 5.97 Å². The standard InChI is InChI=1S/C11H12ClN3O2/c1-4-17-11(16)8-5-9-13-6(2)10(12)7(3)15(9)14-8/h5H,4H2,1-3H3. The number of carbonyl (C=O) groups is 1. The van der Waals surface area contributed by atoms with Crippen LogP contribution in [-0.4, -0.2) is 27.2 Å². The highest BCUT2D eigenvalue weighted by molar-refractivity contribution is 6.31. The SMILES string of the molecule is CCOC(=O)c1cc2nc(C)c(Cl)c(C)n2n1. The predicted octanol–water partition coefficient (Wildman–Crippen LogP) is 2.18. The molecule has 6 heteroatoms. The molecule has 5 nitrogen and oxygen atoms in total. The van der Waals surface area contributed by atoms with Crippen molar-refractivity contribution in [3.8, 4) is 0 Å². The molecule has 0 unspecified atom stereocenters. The molecule has 0 N–H and O–H groups in total. The van der Waals surface area contributed by atoms with Crippen LogP contribution in [0.3, 0.4) is 0 Å². The fourth-order valence-electron chi connectivity index (χ4n) is 1.58. The molecule has 0 aliphatic heterocycles. The second-order valence-corrected chi connectivity index (χ2v) is 3.99. The largest absolute Gasteiger partial charge is 0.461 e. The molecule has 0 aliphatic rings. The summed E-state index contributed by atoms with van der Waals surface area (Å²) in [5, 5.41) is 4.68. The van der Waals surface area contributed by atoms with Crippen molar-refractivity contribution in [3.63, 3.8) is 0 Å². The van der Waals surface area contributed by atoms with E-state index in [1.54, 1.807) is 17.5 Å². The Morgan fingerprint density at radius 1 is 1.53 bits per heavy atom. The zero-order valence-corrected chi connectivity index (χ0v) is 10.6. The number of nitrogens with zero attached hydrogens (tertiary/aromatic N) is 3. The van der Waals surface area contributed by atoms with Gasteiger partial charge < -0.3 is 4.74 Å². The van der Waals surface area contributed by atoms with Crippen molar-refractivity contribution in [2.45, 2.75) is 20.8 Å². The van der Waals surface area contributed by atoms with Gasteiger partial charge in [0.15, 0.2) is 11.3 Å². The number of halogens is 1. The highest BCUT2D eigenvalue weighted by atomic mass is 35.5. The minimum absolute atomic E-state index is 0.240. The van der Waals surface area contributed by atoms with Gasteiger partial charge in [-0.15, -0.1) is 0 Å². The van der Waals surface area contributed by atoms with Crippen molar-refractivity contribution in [2.24, 2.45) is 0 Å². The summed E-state index contributed by atoms with van der Waals surface area (Å²) < 4.78 is 6.43. The highest BCUT2D eigenvalue weighted by Crippen LogP contribution is 2.20. The Morgan fingerprint density at radius 2 is 2.24 bits per heavy atom. The first kappa shape index (κ1) is 11.9. The quantitative estimate of drug-likeness (QED) is 0.770. The lowest BCUT2D eigenvalue weighted by atomic mass is 10.3. The molecule has 0 bridgehead atoms. The Bertz CT molecular complexity index is 592. The molecule has 0 saturated heterocycles. The number of esters is 1. The van der Waals surface area contributed by atoms with Crippen molar-refractivity contribution in [2.75, 3.05) is 6.61 Å². The first-order valence-corrected chi connectivity index (χ1v) is 5.62. The number of hydrogen-bond donors (Lipinski definition) is 0. The minimum atomic E-state index is -0.453. The summed E-state index contributed by atoms with van der Waals surface area (Å²) in [7, 11) is 0. The third-order valence-electron chi connectivity index (χ3n) is 2.41. The summed E-state index contributed by atoms with van der Waals surface area (Å²) >= 11 is 6.07. The molecular formula is C11H12ClN3O2. The van der Waals surface area contributed by atoms with Gasteiger partial charge in [0.25, 0.3) is 0 Å². The summed E-state index contributed by atoms with van der Waals surface area (Å²) in [6, 6.07) is 1.59. The third kappa shape index (κ3) is 1.98. The van der Waals surface area contributed by atoms with E-state index in [2.05, 4.69) is 10.1 Å². The molecule has 0 aliphatic carbocycles. The topological polar surface area (TPSA) is 56.5 Å². The van der Waals surface area contributed by atoms with Gasteiger partial charge in [-0.1, -0.05) is 11.6 Å². The van der Waals surface area contributed by atoms with E-state index in [-0.39, 0.29) is 5.69 Å². The molecule has 0 saturated carbocycles. The molecule has 0 spiro atoms. The highest BCUT2D eigenvalue weighted by Gasteiger charge is 2.15. The van der Waals surface area contributed by atoms with E-state index in [0.717, 1.165) is 5.69 Å². The van der Waals surface area contributed by atoms with Crippen LogP contribution in [0.5, 0.6) is 0 Å². The van der Waals surface area contributed by atoms with Gasteiger partial charge in [-0.25, -0.2) is 14.3 Å². The second-order valence-electron chi connectivity index (χ2n) is 3.62. The summed E-state index contributed by atoms with van der Waals surface area (Å²) in [5.74, 6) is -0.453. The zero-order valence-electron chi connectivity index (χ0n) is 9.82. The molecule has 0 aromatic carbocycles. The van der Waals surface area contributed by atoms with E-state index in [4.69, 9.17) is 16.3 Å². The third-order valence-corrected chi connectivity index (χ3v) is 2.96. The van der Waals surface area contributed by atoms with Gasteiger partial charge in [0.1, 0.15) is 0 Å². The van der Waals surface area contributed by atoms with E-state index < -0.39 is 5.97 Å². The lowest BCUT2D eigenvalue weighted by Crippen LogP contribution is -2.06. The van der Waals surface area contributed by atoms with Crippen LogP contribution in [0.2, 0.25) is 5.02 Å². The van der Waals surface area contributed by atoms with E-state index in [1.807, 2.05) is 13.8 Å². The summed E-state index contributed by atoms with van der Waals surface area (Å²) in [6.45, 7) is 5.70. The van der Waals surface area contributed by atoms with Crippen LogP contribution >= 0.6 is 11.6 Å². The smallest absolute Gasteiger partial charge is 0.358 e. The second kappa shape index (κ2) is 4.33. The number of fused-ring (bicyclic) bond motifs is 1. The van der Waals surface area contributed by atoms with E-state index in [9.17, 15) is 4.79 Å². The van der Waals surface area contributed by atoms with Crippen LogP contribution < -0.4 is 0 Å². The van der Waals surface area contributed by atoms with Gasteiger partial charge in [-0.05, 0) is 20.8 Å². The fraction of sp³-hybridized carbons (Fsp3) is 0.364. The first-order valence-electron chi connectivity index (χ1n) is 5.24. The van der Waals surface area contributed by atoms with Gasteiger partial charge in [-0.2, -0.15) is 5.10 Å². The molecule has 0 fully saturated rings. The van der Waals surface area contributed by atoms with Crippen LogP contribution in [-0.2, 0) is 4.74 Å². The van der Waals surface area contributed by atoms with Crippen molar-refractivity contribution in [1.82, 2.24) is 14.6 Å². The number of aryl methyl sites for hydroxylation is 2. The molecule has 0 radical (unpaired) electrons. The number of hydrogen-bond acceptors (Lipinski definition) is 4. The first-order chi connectivity index (χ1) is 8.04. The van der Waals surface area contributed by atoms with Crippen LogP contribution in [0.4, 0.5) is 0 Å². The van der Waals surface area contributed by atoms with Crippen molar-refractivity contribution >= 4 is 23.2 Å². The van der Waals surface area contributed by atoms with Crippen molar-refractivity contribution < 1.29 is 9.53 Å². The van der Waals surface area contributed by atoms with E-state index >= 15 is 0 Å². The molecule has 0 amide bonds. The number of rotatable bonds is 2. The van der Waals surface area contributed by atoms with E-state index in [0.29, 0.717) is 23.0 Å². The molecule has 2 aromatic rings. The maximum absolute atomic E-state index is 11.5. The maximum atomic E-state index is 11.5. The van der Waals surface area contributed by atoms with Crippen molar-refractivity contribution in [3.05, 3.63) is 28.2 Å². The average Bonchev–Trinajstić information content (AvgIpc) is 2.70. The van der Waals surface area contributed by atoms with Crippen LogP contribution in [0.1, 0.15) is 28.8 Å². The molecule has 2 aromatic heterocycles. The fourth-order valence-corrected chi connectivity index (χ4v) is 1.70. The monoisotopic (exact) mass is 253 g/mol. The normalized spacial score (nSPS) is 10.8. The molecular weight excluding hydrogens is 242 g/mol. The Balaban J connectivity index is 2.58. The molecule has 2 heterocycles. The zero-order chi connectivity index (χ0) is 12.6. The van der Waals surface area contributed by atoms with E-state index in [1.165, 1.54) is 0 Å². The summed E-state index contributed by atoms with van der Waals surface area (Å²) in [6.07, 6.45) is 0. The van der Waals surface area contributed by atoms with Gasteiger partial charge in [0.05, 0.1) is 23.0 Å². The molecule has 90 valence electrons. The van der Waals surface area contributed by atoms with Crippen LogP contribution in [0.15, 0.2) is 6.07 Å². The van der Waals surface area contributed by atoms with Gasteiger partial charge in [0.2, 0.25) is 0 Å². The van der Waals surface area contributed by atoms with Crippen molar-refractivity contribution in [1.29, 1.82) is 0 Å². The average molecular weight is 254 g/mol. The predicted molar refractivity (Wildman–Crippen MR) is 63.4 cm³/mol. The van der Waals surface area contributed by atoms with Crippen LogP contribution in [0, 0.1) is 13.8 Å². The van der Waals surface area contributed by atoms with Crippen LogP contribution in [0.25, 0.3) is 5.65 Å². The Hall–Kier alpha value is -1.62. The molecule has 17 heavy (non-hydrogen) atoms. The Morgan fingerprint density at radius 3 is 2.88 bits per heavy atom. The Labute approximate surface area is 103 Å². The Kier molecular flexibility index (Phi) is 3.02. The lowest BCUT2D eigenvalue weighted by Gasteiger charge is -2.03. The summed E-state index contributed by atoms with van der Waals surface area (Å²) in [5.41, 5.74) is 2.30.